The summed E-state index contributed by atoms with van der Waals surface area (Å²) in [6, 6.07) is 1.32. The molecule has 1 aromatic heterocycles. The summed E-state index contributed by atoms with van der Waals surface area (Å²) in [5.41, 5.74) is -0.0733. The molecule has 0 aliphatic carbocycles. The molecule has 0 radical (unpaired) electrons. The van der Waals surface area contributed by atoms with Crippen LogP contribution < -0.4 is 10.6 Å². The van der Waals surface area contributed by atoms with Gasteiger partial charge in [0.2, 0.25) is 0 Å². The molecule has 1 heterocycles. The van der Waals surface area contributed by atoms with Crippen LogP contribution in [0.1, 0.15) is 38.1 Å². The van der Waals surface area contributed by atoms with Crippen molar-refractivity contribution in [3.63, 3.8) is 0 Å². The second kappa shape index (κ2) is 5.33. The first kappa shape index (κ1) is 14.4. The van der Waals surface area contributed by atoms with E-state index < -0.39 is 11.7 Å². The molecule has 0 spiro atoms. The Morgan fingerprint density at radius 2 is 2.06 bits per heavy atom. The van der Waals surface area contributed by atoms with E-state index in [4.69, 9.17) is 0 Å². The number of nitrogens with zero attached hydrogens (tertiary/aromatic N) is 1. The Balaban J connectivity index is 2.92. The first-order valence-corrected chi connectivity index (χ1v) is 5.90. The van der Waals surface area contributed by atoms with E-state index in [1.165, 1.54) is 12.3 Å². The van der Waals surface area contributed by atoms with Crippen LogP contribution in [-0.4, -0.2) is 24.0 Å². The Labute approximate surface area is 107 Å². The lowest BCUT2D eigenvalue weighted by molar-refractivity contribution is 0.0906. The summed E-state index contributed by atoms with van der Waals surface area (Å²) >= 11 is 0. The highest BCUT2D eigenvalue weighted by Crippen LogP contribution is 2.20. The Bertz CT molecular complexity index is 440. The van der Waals surface area contributed by atoms with E-state index in [0.29, 0.717) is 0 Å². The molecule has 0 aromatic carbocycles. The average Bonchev–Trinajstić information content (AvgIpc) is 2.27. The predicted octanol–water partition coefficient (Wildman–Crippen LogP) is 2.43. The summed E-state index contributed by atoms with van der Waals surface area (Å²) in [4.78, 5) is 15.8. The molecule has 0 saturated carbocycles. The second-order valence-corrected chi connectivity index (χ2v) is 5.33. The number of hydrogen-bond acceptors (Lipinski definition) is 3. The van der Waals surface area contributed by atoms with Gasteiger partial charge in [-0.1, -0.05) is 20.8 Å². The summed E-state index contributed by atoms with van der Waals surface area (Å²) in [7, 11) is 1.56. The molecule has 0 fully saturated rings. The third kappa shape index (κ3) is 3.18. The molecule has 0 aliphatic rings. The van der Waals surface area contributed by atoms with Gasteiger partial charge in [-0.2, -0.15) is 0 Å². The Hall–Kier alpha value is -1.65. The number of hydrogen-bond donors (Lipinski definition) is 2. The number of pyridine rings is 1. The number of rotatable bonds is 3. The monoisotopic (exact) mass is 253 g/mol. The van der Waals surface area contributed by atoms with Gasteiger partial charge in [0.25, 0.3) is 5.91 Å². The number of aromatic nitrogens is 1. The van der Waals surface area contributed by atoms with Crippen LogP contribution in [0.5, 0.6) is 0 Å². The van der Waals surface area contributed by atoms with Crippen LogP contribution in [0.15, 0.2) is 12.3 Å². The van der Waals surface area contributed by atoms with Crippen molar-refractivity contribution >= 4 is 11.7 Å². The molecule has 18 heavy (non-hydrogen) atoms. The van der Waals surface area contributed by atoms with Crippen LogP contribution in [0.4, 0.5) is 10.2 Å². The minimum atomic E-state index is -0.626. The summed E-state index contributed by atoms with van der Waals surface area (Å²) in [6.07, 6.45) is 1.41. The van der Waals surface area contributed by atoms with Gasteiger partial charge in [-0.3, -0.25) is 4.79 Å². The lowest BCUT2D eigenvalue weighted by Crippen LogP contribution is -2.41. The Morgan fingerprint density at radius 1 is 1.44 bits per heavy atom. The van der Waals surface area contributed by atoms with E-state index in [1.54, 1.807) is 7.05 Å². The van der Waals surface area contributed by atoms with Crippen LogP contribution in [0.25, 0.3) is 0 Å². The van der Waals surface area contributed by atoms with E-state index >= 15 is 0 Å². The van der Waals surface area contributed by atoms with Crippen molar-refractivity contribution in [3.05, 3.63) is 23.6 Å². The van der Waals surface area contributed by atoms with Gasteiger partial charge in [0.15, 0.2) is 11.6 Å². The van der Waals surface area contributed by atoms with E-state index in [-0.39, 0.29) is 22.8 Å². The molecular weight excluding hydrogens is 233 g/mol. The molecule has 1 amide bonds. The van der Waals surface area contributed by atoms with E-state index in [9.17, 15) is 9.18 Å². The zero-order valence-electron chi connectivity index (χ0n) is 11.5. The highest BCUT2D eigenvalue weighted by molar-refractivity contribution is 5.95. The Morgan fingerprint density at radius 3 is 2.56 bits per heavy atom. The summed E-state index contributed by atoms with van der Waals surface area (Å²) in [5.74, 6) is -0.974. The minimum absolute atomic E-state index is 0.00505. The number of amides is 1. The van der Waals surface area contributed by atoms with Gasteiger partial charge in [-0.15, -0.1) is 0 Å². The Kier molecular flexibility index (Phi) is 4.27. The molecule has 1 rings (SSSR count). The van der Waals surface area contributed by atoms with E-state index in [0.717, 1.165) is 0 Å². The van der Waals surface area contributed by atoms with Crippen molar-refractivity contribution in [3.8, 4) is 0 Å². The standard InChI is InChI=1S/C13H20FN3O/c1-8(13(2,3)4)17-12(18)9-6-7-16-11(15-5)10(9)14/h6-8H,1-5H3,(H,15,16)(H,17,18). The second-order valence-electron chi connectivity index (χ2n) is 5.33. The van der Waals surface area contributed by atoms with Crippen LogP contribution in [-0.2, 0) is 0 Å². The van der Waals surface area contributed by atoms with Crippen LogP contribution in [0, 0.1) is 11.2 Å². The van der Waals surface area contributed by atoms with Crippen molar-refractivity contribution in [1.29, 1.82) is 0 Å². The normalized spacial score (nSPS) is 13.0. The molecule has 1 atom stereocenters. The first-order chi connectivity index (χ1) is 8.27. The topological polar surface area (TPSA) is 54.0 Å². The van der Waals surface area contributed by atoms with Crippen molar-refractivity contribution in [1.82, 2.24) is 10.3 Å². The minimum Gasteiger partial charge on any atom is -0.371 e. The average molecular weight is 253 g/mol. The summed E-state index contributed by atoms with van der Waals surface area (Å²) in [6.45, 7) is 7.94. The van der Waals surface area contributed by atoms with Crippen LogP contribution >= 0.6 is 0 Å². The molecule has 100 valence electrons. The molecule has 5 heteroatoms. The van der Waals surface area contributed by atoms with Gasteiger partial charge in [-0.25, -0.2) is 9.37 Å². The first-order valence-electron chi connectivity index (χ1n) is 5.90. The molecule has 1 aromatic rings. The third-order valence-corrected chi connectivity index (χ3v) is 3.02. The lowest BCUT2D eigenvalue weighted by atomic mass is 9.88. The maximum atomic E-state index is 13.9. The summed E-state index contributed by atoms with van der Waals surface area (Å²) < 4.78 is 13.9. The van der Waals surface area contributed by atoms with Gasteiger partial charge in [-0.05, 0) is 18.4 Å². The largest absolute Gasteiger partial charge is 0.371 e. The molecule has 0 saturated heterocycles. The number of halogens is 1. The highest BCUT2D eigenvalue weighted by Gasteiger charge is 2.24. The molecule has 1 unspecified atom stereocenters. The fraction of sp³-hybridized carbons (Fsp3) is 0.538. The number of nitrogens with one attached hydrogen (secondary N) is 2. The predicted molar refractivity (Wildman–Crippen MR) is 70.1 cm³/mol. The van der Waals surface area contributed by atoms with Crippen LogP contribution in [0.2, 0.25) is 0 Å². The van der Waals surface area contributed by atoms with Crippen molar-refractivity contribution in [2.45, 2.75) is 33.7 Å². The highest BCUT2D eigenvalue weighted by atomic mass is 19.1. The van der Waals surface area contributed by atoms with Gasteiger partial charge < -0.3 is 10.6 Å². The number of anilines is 1. The fourth-order valence-corrected chi connectivity index (χ4v) is 1.28. The van der Waals surface area contributed by atoms with Crippen molar-refractivity contribution in [2.75, 3.05) is 12.4 Å². The maximum absolute atomic E-state index is 13.9. The van der Waals surface area contributed by atoms with Gasteiger partial charge >= 0.3 is 0 Å². The SMILES string of the molecule is CNc1nccc(C(=O)NC(C)C(C)(C)C)c1F. The number of carbonyl (C=O) groups is 1. The smallest absolute Gasteiger partial charge is 0.254 e. The number of carbonyl (C=O) groups excluding carboxylic acids is 1. The van der Waals surface area contributed by atoms with Crippen molar-refractivity contribution in [2.24, 2.45) is 5.41 Å². The van der Waals surface area contributed by atoms with Crippen molar-refractivity contribution < 1.29 is 9.18 Å². The maximum Gasteiger partial charge on any atom is 0.254 e. The van der Waals surface area contributed by atoms with Crippen LogP contribution in [0.3, 0.4) is 0 Å². The zero-order chi connectivity index (χ0) is 13.9. The zero-order valence-corrected chi connectivity index (χ0v) is 11.5. The van der Waals surface area contributed by atoms with Gasteiger partial charge in [0.05, 0.1) is 5.56 Å². The quantitative estimate of drug-likeness (QED) is 0.870. The molecule has 0 aliphatic heterocycles. The molecule has 2 N–H and O–H groups in total. The third-order valence-electron chi connectivity index (χ3n) is 3.02. The lowest BCUT2D eigenvalue weighted by Gasteiger charge is -2.28. The fourth-order valence-electron chi connectivity index (χ4n) is 1.28. The van der Waals surface area contributed by atoms with Gasteiger partial charge in [0, 0.05) is 19.3 Å². The molecular formula is C13H20FN3O. The summed E-state index contributed by atoms with van der Waals surface area (Å²) in [5, 5.41) is 5.40. The molecule has 0 bridgehead atoms. The molecule has 4 nitrogen and oxygen atoms in total. The van der Waals surface area contributed by atoms with E-state index in [2.05, 4.69) is 15.6 Å². The van der Waals surface area contributed by atoms with E-state index in [1.807, 2.05) is 27.7 Å². The van der Waals surface area contributed by atoms with Gasteiger partial charge in [0.1, 0.15) is 0 Å².